The van der Waals surface area contributed by atoms with E-state index in [0.29, 0.717) is 17.3 Å². The van der Waals surface area contributed by atoms with Gasteiger partial charge >= 0.3 is 0 Å². The second kappa shape index (κ2) is 4.95. The van der Waals surface area contributed by atoms with Crippen molar-refractivity contribution in [2.45, 2.75) is 13.8 Å². The molecular weight excluding hydrogens is 290 g/mol. The molecule has 1 aromatic carbocycles. The number of oxazole rings is 1. The monoisotopic (exact) mass is 305 g/mol. The molecule has 0 aliphatic carbocycles. The standard InChI is InChI=1S/C17H15N5O/c1-9-15(10(2)22-21-9)11-7-12(16(18)19-8-11)17-20-13-5-3-4-6-14(13)23-17/h3-8H,1-2H3,(H2,18,19)(H,21,22). The highest BCUT2D eigenvalue weighted by Crippen LogP contribution is 2.32. The minimum absolute atomic E-state index is 0.388. The molecule has 0 aliphatic rings. The maximum absolute atomic E-state index is 6.04. The molecule has 0 spiro atoms. The van der Waals surface area contributed by atoms with Crippen LogP contribution in [0.25, 0.3) is 33.7 Å². The van der Waals surface area contributed by atoms with Gasteiger partial charge in [-0.3, -0.25) is 5.10 Å². The van der Waals surface area contributed by atoms with Gasteiger partial charge in [0.15, 0.2) is 5.58 Å². The Morgan fingerprint density at radius 2 is 2.00 bits per heavy atom. The molecule has 0 fully saturated rings. The number of hydrogen-bond donors (Lipinski definition) is 2. The van der Waals surface area contributed by atoms with Crippen LogP contribution in [0.2, 0.25) is 0 Å². The first-order chi connectivity index (χ1) is 11.1. The molecule has 3 heterocycles. The van der Waals surface area contributed by atoms with Crippen LogP contribution in [0.5, 0.6) is 0 Å². The van der Waals surface area contributed by atoms with Gasteiger partial charge in [0, 0.05) is 23.0 Å². The second-order valence-electron chi connectivity index (χ2n) is 5.45. The number of anilines is 1. The van der Waals surface area contributed by atoms with Crippen molar-refractivity contribution in [1.29, 1.82) is 0 Å². The average Bonchev–Trinajstić information content (AvgIpc) is 3.12. The zero-order valence-corrected chi connectivity index (χ0v) is 12.8. The van der Waals surface area contributed by atoms with Crippen LogP contribution in [0.15, 0.2) is 40.9 Å². The Labute approximate surface area is 132 Å². The summed E-state index contributed by atoms with van der Waals surface area (Å²) in [6.07, 6.45) is 1.74. The lowest BCUT2D eigenvalue weighted by Crippen LogP contribution is -1.95. The van der Waals surface area contributed by atoms with Crippen molar-refractivity contribution in [3.8, 4) is 22.6 Å². The molecular formula is C17H15N5O. The summed E-state index contributed by atoms with van der Waals surface area (Å²) in [7, 11) is 0. The Morgan fingerprint density at radius 3 is 2.74 bits per heavy atom. The molecule has 0 atom stereocenters. The molecule has 23 heavy (non-hydrogen) atoms. The van der Waals surface area contributed by atoms with E-state index in [9.17, 15) is 0 Å². The van der Waals surface area contributed by atoms with Crippen LogP contribution in [-0.2, 0) is 0 Å². The molecule has 6 heteroatoms. The molecule has 0 unspecified atom stereocenters. The largest absolute Gasteiger partial charge is 0.436 e. The van der Waals surface area contributed by atoms with E-state index in [-0.39, 0.29) is 0 Å². The van der Waals surface area contributed by atoms with Crippen molar-refractivity contribution in [3.05, 3.63) is 47.9 Å². The Hall–Kier alpha value is -3.15. The van der Waals surface area contributed by atoms with E-state index in [0.717, 1.165) is 33.6 Å². The molecule has 0 radical (unpaired) electrons. The van der Waals surface area contributed by atoms with Gasteiger partial charge in [0.25, 0.3) is 0 Å². The predicted molar refractivity (Wildman–Crippen MR) is 88.7 cm³/mol. The summed E-state index contributed by atoms with van der Waals surface area (Å²) in [5.41, 5.74) is 12.1. The maximum atomic E-state index is 6.04. The fraction of sp³-hybridized carbons (Fsp3) is 0.118. The van der Waals surface area contributed by atoms with Crippen molar-refractivity contribution in [1.82, 2.24) is 20.2 Å². The molecule has 0 saturated heterocycles. The first-order valence-corrected chi connectivity index (χ1v) is 7.27. The zero-order valence-electron chi connectivity index (χ0n) is 12.8. The van der Waals surface area contributed by atoms with Gasteiger partial charge in [0.1, 0.15) is 11.3 Å². The van der Waals surface area contributed by atoms with Crippen LogP contribution in [0.1, 0.15) is 11.4 Å². The Balaban J connectivity index is 1.90. The number of fused-ring (bicyclic) bond motifs is 1. The van der Waals surface area contributed by atoms with Gasteiger partial charge in [0.05, 0.1) is 11.3 Å². The highest BCUT2D eigenvalue weighted by atomic mass is 16.3. The summed E-state index contributed by atoms with van der Waals surface area (Å²) >= 11 is 0. The van der Waals surface area contributed by atoms with Crippen LogP contribution in [0.4, 0.5) is 5.82 Å². The molecule has 0 saturated carbocycles. The topological polar surface area (TPSA) is 93.6 Å². The number of para-hydroxylation sites is 2. The smallest absolute Gasteiger partial charge is 0.231 e. The van der Waals surface area contributed by atoms with E-state index in [2.05, 4.69) is 20.2 Å². The lowest BCUT2D eigenvalue weighted by Gasteiger charge is -2.05. The Bertz CT molecular complexity index is 962. The van der Waals surface area contributed by atoms with Gasteiger partial charge in [-0.2, -0.15) is 5.10 Å². The fourth-order valence-electron chi connectivity index (χ4n) is 2.75. The van der Waals surface area contributed by atoms with E-state index >= 15 is 0 Å². The molecule has 4 aromatic rings. The van der Waals surface area contributed by atoms with Crippen LogP contribution in [0, 0.1) is 13.8 Å². The number of rotatable bonds is 2. The lowest BCUT2D eigenvalue weighted by molar-refractivity contribution is 0.620. The highest BCUT2D eigenvalue weighted by molar-refractivity contribution is 5.81. The van der Waals surface area contributed by atoms with E-state index in [4.69, 9.17) is 10.2 Å². The molecule has 114 valence electrons. The van der Waals surface area contributed by atoms with Gasteiger partial charge in [-0.15, -0.1) is 0 Å². The number of benzene rings is 1. The van der Waals surface area contributed by atoms with Crippen molar-refractivity contribution < 1.29 is 4.42 Å². The summed E-state index contributed by atoms with van der Waals surface area (Å²) < 4.78 is 5.81. The van der Waals surface area contributed by atoms with E-state index < -0.39 is 0 Å². The van der Waals surface area contributed by atoms with Crippen molar-refractivity contribution in [3.63, 3.8) is 0 Å². The number of aromatic amines is 1. The number of H-pyrrole nitrogens is 1. The number of pyridine rings is 1. The predicted octanol–water partition coefficient (Wildman–Crippen LogP) is 3.48. The minimum Gasteiger partial charge on any atom is -0.436 e. The Morgan fingerprint density at radius 1 is 1.17 bits per heavy atom. The summed E-state index contributed by atoms with van der Waals surface area (Å²) in [5, 5.41) is 7.21. The molecule has 4 rings (SSSR count). The van der Waals surface area contributed by atoms with Gasteiger partial charge in [-0.25, -0.2) is 9.97 Å². The number of aromatic nitrogens is 4. The van der Waals surface area contributed by atoms with E-state index in [1.54, 1.807) is 6.20 Å². The molecule has 6 nitrogen and oxygen atoms in total. The van der Waals surface area contributed by atoms with Crippen LogP contribution in [-0.4, -0.2) is 20.2 Å². The van der Waals surface area contributed by atoms with E-state index in [1.165, 1.54) is 0 Å². The lowest BCUT2D eigenvalue weighted by atomic mass is 10.0. The van der Waals surface area contributed by atoms with Gasteiger partial charge in [0.2, 0.25) is 5.89 Å². The first-order valence-electron chi connectivity index (χ1n) is 7.27. The fourth-order valence-corrected chi connectivity index (χ4v) is 2.75. The van der Waals surface area contributed by atoms with E-state index in [1.807, 2.05) is 44.2 Å². The zero-order chi connectivity index (χ0) is 16.0. The summed E-state index contributed by atoms with van der Waals surface area (Å²) in [4.78, 5) is 8.80. The molecule has 0 amide bonds. The molecule has 0 aliphatic heterocycles. The molecule has 3 aromatic heterocycles. The summed E-state index contributed by atoms with van der Waals surface area (Å²) in [6.45, 7) is 3.93. The second-order valence-corrected chi connectivity index (χ2v) is 5.45. The van der Waals surface area contributed by atoms with Crippen LogP contribution in [0.3, 0.4) is 0 Å². The number of nitrogens with two attached hydrogens (primary N) is 1. The van der Waals surface area contributed by atoms with Crippen molar-refractivity contribution >= 4 is 16.9 Å². The first kappa shape index (κ1) is 13.5. The highest BCUT2D eigenvalue weighted by Gasteiger charge is 2.16. The van der Waals surface area contributed by atoms with Crippen LogP contribution < -0.4 is 5.73 Å². The Kier molecular flexibility index (Phi) is 2.90. The van der Waals surface area contributed by atoms with Crippen molar-refractivity contribution in [2.24, 2.45) is 0 Å². The third-order valence-corrected chi connectivity index (χ3v) is 3.86. The normalized spacial score (nSPS) is 11.2. The average molecular weight is 305 g/mol. The number of nitrogens with one attached hydrogen (secondary N) is 1. The van der Waals surface area contributed by atoms with Crippen molar-refractivity contribution in [2.75, 3.05) is 5.73 Å². The third kappa shape index (κ3) is 2.15. The van der Waals surface area contributed by atoms with Gasteiger partial charge in [-0.05, 0) is 32.0 Å². The maximum Gasteiger partial charge on any atom is 0.231 e. The van der Waals surface area contributed by atoms with Gasteiger partial charge in [-0.1, -0.05) is 12.1 Å². The SMILES string of the molecule is Cc1n[nH]c(C)c1-c1cnc(N)c(-c2nc3ccccc3o2)c1. The molecule has 3 N–H and O–H groups in total. The quantitative estimate of drug-likeness (QED) is 0.591. The number of aryl methyl sites for hydroxylation is 2. The minimum atomic E-state index is 0.388. The summed E-state index contributed by atoms with van der Waals surface area (Å²) in [6, 6.07) is 9.56. The van der Waals surface area contributed by atoms with Gasteiger partial charge < -0.3 is 10.2 Å². The number of hydrogen-bond acceptors (Lipinski definition) is 5. The summed E-state index contributed by atoms with van der Waals surface area (Å²) in [5.74, 6) is 0.857. The number of nitrogens with zero attached hydrogens (tertiary/aromatic N) is 3. The molecule has 0 bridgehead atoms. The third-order valence-electron chi connectivity index (χ3n) is 3.86. The number of nitrogen functional groups attached to an aromatic ring is 1. The van der Waals surface area contributed by atoms with Crippen LogP contribution >= 0.6 is 0 Å².